The van der Waals surface area contributed by atoms with Crippen LogP contribution in [-0.2, 0) is 4.79 Å². The predicted molar refractivity (Wildman–Crippen MR) is 97.1 cm³/mol. The second-order valence-electron chi connectivity index (χ2n) is 5.16. The molecular formula is C17H14Br2OS. The summed E-state index contributed by atoms with van der Waals surface area (Å²) in [5.74, 6) is 0.186. The van der Waals surface area contributed by atoms with Crippen LogP contribution in [0.15, 0.2) is 34.8 Å². The number of thiophene rings is 1. The van der Waals surface area contributed by atoms with Gasteiger partial charge in [0.05, 0.1) is 4.83 Å². The van der Waals surface area contributed by atoms with Crippen molar-refractivity contribution in [2.45, 2.75) is 25.1 Å². The van der Waals surface area contributed by atoms with E-state index in [9.17, 15) is 4.79 Å². The van der Waals surface area contributed by atoms with E-state index in [2.05, 4.69) is 45.7 Å². The maximum Gasteiger partial charge on any atom is 0.177 e. The average Bonchev–Trinajstić information content (AvgIpc) is 2.88. The van der Waals surface area contributed by atoms with Crippen molar-refractivity contribution in [2.75, 3.05) is 0 Å². The molecule has 1 heterocycles. The number of ketones is 1. The topological polar surface area (TPSA) is 17.1 Å². The van der Waals surface area contributed by atoms with Crippen LogP contribution >= 0.6 is 43.2 Å². The molecule has 0 spiro atoms. The summed E-state index contributed by atoms with van der Waals surface area (Å²) >= 11 is 9.01. The first kappa shape index (κ1) is 15.2. The smallest absolute Gasteiger partial charge is 0.177 e. The SMILES string of the molecule is Cc1sc(C)c(C2=C(c3ccccc3)C(=O)C(Br)C2)c1Br. The highest BCUT2D eigenvalue weighted by molar-refractivity contribution is 9.10. The van der Waals surface area contributed by atoms with Gasteiger partial charge in [-0.25, -0.2) is 0 Å². The summed E-state index contributed by atoms with van der Waals surface area (Å²) in [6, 6.07) is 9.97. The molecule has 1 nitrogen and oxygen atoms in total. The van der Waals surface area contributed by atoms with Gasteiger partial charge in [-0.3, -0.25) is 4.79 Å². The number of Topliss-reactive ketones (excluding diaryl/α,β-unsaturated/α-hetero) is 1. The number of aryl methyl sites for hydroxylation is 2. The lowest BCUT2D eigenvalue weighted by atomic mass is 9.97. The highest BCUT2D eigenvalue weighted by Crippen LogP contribution is 2.46. The van der Waals surface area contributed by atoms with Crippen molar-refractivity contribution in [3.05, 3.63) is 55.7 Å². The van der Waals surface area contributed by atoms with E-state index >= 15 is 0 Å². The van der Waals surface area contributed by atoms with Gasteiger partial charge in [-0.05, 0) is 47.3 Å². The third-order valence-corrected chi connectivity index (χ3v) is 6.78. The Morgan fingerprint density at radius 2 is 1.81 bits per heavy atom. The monoisotopic (exact) mass is 424 g/mol. The molecule has 1 aromatic heterocycles. The van der Waals surface area contributed by atoms with Crippen LogP contribution in [0.4, 0.5) is 0 Å². The first-order valence-corrected chi connectivity index (χ1v) is 9.26. The quantitative estimate of drug-likeness (QED) is 0.557. The third kappa shape index (κ3) is 2.58. The van der Waals surface area contributed by atoms with Gasteiger partial charge in [0.15, 0.2) is 5.78 Å². The standard InChI is InChI=1S/C17H14Br2OS/c1-9-14(16(19)10(2)21-9)12-8-13(18)17(20)15(12)11-6-4-3-5-7-11/h3-7,13H,8H2,1-2H3. The van der Waals surface area contributed by atoms with E-state index in [0.717, 1.165) is 27.6 Å². The molecule has 0 aliphatic heterocycles. The van der Waals surface area contributed by atoms with Crippen LogP contribution < -0.4 is 0 Å². The zero-order valence-electron chi connectivity index (χ0n) is 11.7. The van der Waals surface area contributed by atoms with E-state index in [1.54, 1.807) is 11.3 Å². The van der Waals surface area contributed by atoms with Crippen molar-refractivity contribution in [3.8, 4) is 0 Å². The Kier molecular flexibility index (Phi) is 4.21. The van der Waals surface area contributed by atoms with Crippen molar-refractivity contribution in [2.24, 2.45) is 0 Å². The number of carbonyl (C=O) groups is 1. The van der Waals surface area contributed by atoms with Crippen LogP contribution in [0.5, 0.6) is 0 Å². The lowest BCUT2D eigenvalue weighted by Crippen LogP contribution is -2.07. The summed E-state index contributed by atoms with van der Waals surface area (Å²) in [5.41, 5.74) is 4.22. The predicted octanol–water partition coefficient (Wildman–Crippen LogP) is 5.77. The van der Waals surface area contributed by atoms with Crippen molar-refractivity contribution in [1.82, 2.24) is 0 Å². The number of hydrogen-bond donors (Lipinski definition) is 0. The molecule has 21 heavy (non-hydrogen) atoms. The molecule has 108 valence electrons. The van der Waals surface area contributed by atoms with Gasteiger partial charge in [-0.15, -0.1) is 11.3 Å². The number of carbonyl (C=O) groups excluding carboxylic acids is 1. The molecule has 1 atom stereocenters. The summed E-state index contributed by atoms with van der Waals surface area (Å²) in [6.07, 6.45) is 0.749. The molecule has 3 rings (SSSR count). The van der Waals surface area contributed by atoms with Crippen molar-refractivity contribution < 1.29 is 4.79 Å². The van der Waals surface area contributed by atoms with E-state index in [-0.39, 0.29) is 10.6 Å². The molecule has 2 aromatic rings. The summed E-state index contributed by atoms with van der Waals surface area (Å²) < 4.78 is 1.13. The van der Waals surface area contributed by atoms with Crippen LogP contribution in [0.3, 0.4) is 0 Å². The number of rotatable bonds is 2. The molecule has 0 amide bonds. The van der Waals surface area contributed by atoms with Crippen molar-refractivity contribution in [1.29, 1.82) is 0 Å². The fourth-order valence-electron chi connectivity index (χ4n) is 2.83. The van der Waals surface area contributed by atoms with Crippen LogP contribution in [-0.4, -0.2) is 10.6 Å². The normalized spacial score (nSPS) is 18.7. The van der Waals surface area contributed by atoms with E-state index in [1.165, 1.54) is 15.3 Å². The van der Waals surface area contributed by atoms with E-state index in [0.29, 0.717) is 0 Å². The Labute approximate surface area is 145 Å². The molecule has 0 radical (unpaired) electrons. The van der Waals surface area contributed by atoms with Crippen LogP contribution in [0.1, 0.15) is 27.3 Å². The summed E-state index contributed by atoms with van der Waals surface area (Å²) in [7, 11) is 0. The minimum Gasteiger partial charge on any atom is -0.293 e. The number of hydrogen-bond acceptors (Lipinski definition) is 2. The van der Waals surface area contributed by atoms with E-state index < -0.39 is 0 Å². The molecule has 0 fully saturated rings. The Bertz CT molecular complexity index is 744. The van der Waals surface area contributed by atoms with Crippen molar-refractivity contribution >= 4 is 60.1 Å². The Hall–Kier alpha value is -0.710. The molecule has 0 N–H and O–H groups in total. The molecule has 0 saturated carbocycles. The van der Waals surface area contributed by atoms with Crippen LogP contribution in [0, 0.1) is 13.8 Å². The molecular weight excluding hydrogens is 412 g/mol. The molecule has 4 heteroatoms. The largest absolute Gasteiger partial charge is 0.293 e. The highest BCUT2D eigenvalue weighted by atomic mass is 79.9. The van der Waals surface area contributed by atoms with Gasteiger partial charge in [-0.1, -0.05) is 46.3 Å². The fraction of sp³-hybridized carbons (Fsp3) is 0.235. The van der Waals surface area contributed by atoms with Gasteiger partial charge in [-0.2, -0.15) is 0 Å². The molecule has 1 aliphatic rings. The summed E-state index contributed by atoms with van der Waals surface area (Å²) in [5, 5.41) is 0. The van der Waals surface area contributed by atoms with E-state index in [1.807, 2.05) is 30.3 Å². The highest BCUT2D eigenvalue weighted by Gasteiger charge is 2.34. The van der Waals surface area contributed by atoms with Gasteiger partial charge in [0.2, 0.25) is 0 Å². The average molecular weight is 426 g/mol. The zero-order chi connectivity index (χ0) is 15.1. The maximum absolute atomic E-state index is 12.6. The fourth-order valence-corrected chi connectivity index (χ4v) is 5.27. The maximum atomic E-state index is 12.6. The summed E-state index contributed by atoms with van der Waals surface area (Å²) in [6.45, 7) is 4.23. The Morgan fingerprint density at radius 1 is 1.14 bits per heavy atom. The van der Waals surface area contributed by atoms with E-state index in [4.69, 9.17) is 0 Å². The van der Waals surface area contributed by atoms with Gasteiger partial charge >= 0.3 is 0 Å². The van der Waals surface area contributed by atoms with Gasteiger partial charge in [0.1, 0.15) is 0 Å². The third-order valence-electron chi connectivity index (χ3n) is 3.77. The molecule has 1 aliphatic carbocycles. The summed E-state index contributed by atoms with van der Waals surface area (Å²) in [4.78, 5) is 15.0. The first-order chi connectivity index (χ1) is 10.0. The minimum atomic E-state index is -0.116. The Morgan fingerprint density at radius 3 is 2.38 bits per heavy atom. The number of halogens is 2. The van der Waals surface area contributed by atoms with Crippen LogP contribution in [0.25, 0.3) is 11.1 Å². The molecule has 0 saturated heterocycles. The second kappa shape index (κ2) is 5.82. The molecule has 1 unspecified atom stereocenters. The minimum absolute atomic E-state index is 0.116. The van der Waals surface area contributed by atoms with Gasteiger partial charge in [0, 0.05) is 25.4 Å². The van der Waals surface area contributed by atoms with Crippen LogP contribution in [0.2, 0.25) is 0 Å². The first-order valence-electron chi connectivity index (χ1n) is 6.73. The molecule has 0 bridgehead atoms. The number of benzene rings is 1. The van der Waals surface area contributed by atoms with Crippen molar-refractivity contribution in [3.63, 3.8) is 0 Å². The van der Waals surface area contributed by atoms with Gasteiger partial charge in [0.25, 0.3) is 0 Å². The molecule has 1 aromatic carbocycles. The van der Waals surface area contributed by atoms with Gasteiger partial charge < -0.3 is 0 Å². The zero-order valence-corrected chi connectivity index (χ0v) is 15.7. The number of allylic oxidation sites excluding steroid dienone is 2. The second-order valence-corrected chi connectivity index (χ2v) is 8.49. The lowest BCUT2D eigenvalue weighted by molar-refractivity contribution is -0.112. The lowest BCUT2D eigenvalue weighted by Gasteiger charge is -2.08. The Balaban J connectivity index is 2.26. The number of alkyl halides is 1.